The van der Waals surface area contributed by atoms with E-state index < -0.39 is 17.7 Å². The molecule has 0 aliphatic carbocycles. The topological polar surface area (TPSA) is 38.5 Å². The predicted octanol–water partition coefficient (Wildman–Crippen LogP) is 2.08. The molecule has 19 heavy (non-hydrogen) atoms. The summed E-state index contributed by atoms with van der Waals surface area (Å²) in [5, 5.41) is 0. The Labute approximate surface area is 112 Å². The van der Waals surface area contributed by atoms with Crippen LogP contribution in [0.3, 0.4) is 0 Å². The summed E-state index contributed by atoms with van der Waals surface area (Å²) in [5.41, 5.74) is 6.38. The molecule has 5 heteroatoms. The van der Waals surface area contributed by atoms with Gasteiger partial charge in [0.1, 0.15) is 11.6 Å². The predicted molar refractivity (Wildman–Crippen MR) is 69.8 cm³/mol. The van der Waals surface area contributed by atoms with Crippen molar-refractivity contribution in [3.8, 4) is 0 Å². The van der Waals surface area contributed by atoms with Crippen molar-refractivity contribution in [3.63, 3.8) is 0 Å². The van der Waals surface area contributed by atoms with E-state index in [9.17, 15) is 8.78 Å². The van der Waals surface area contributed by atoms with E-state index in [2.05, 4.69) is 4.90 Å². The molecular weight excluding hydrogens is 250 g/mol. The molecule has 1 aromatic rings. The number of nitrogens with two attached hydrogens (primary N) is 1. The first-order chi connectivity index (χ1) is 9.08. The number of benzene rings is 1. The molecule has 0 radical (unpaired) electrons. The second-order valence-electron chi connectivity index (χ2n) is 5.06. The van der Waals surface area contributed by atoms with Crippen LogP contribution in [0, 0.1) is 11.6 Å². The molecule has 1 atom stereocenters. The van der Waals surface area contributed by atoms with Crippen molar-refractivity contribution < 1.29 is 13.5 Å². The monoisotopic (exact) mass is 270 g/mol. The van der Waals surface area contributed by atoms with Crippen LogP contribution >= 0.6 is 0 Å². The molecule has 0 spiro atoms. The highest BCUT2D eigenvalue weighted by molar-refractivity contribution is 5.22. The van der Waals surface area contributed by atoms with Crippen molar-refractivity contribution in [2.75, 3.05) is 26.8 Å². The van der Waals surface area contributed by atoms with Gasteiger partial charge in [0.05, 0.1) is 0 Å². The molecule has 1 heterocycles. The van der Waals surface area contributed by atoms with Crippen LogP contribution in [-0.4, -0.2) is 37.7 Å². The maximum Gasteiger partial charge on any atom is 0.130 e. The zero-order chi connectivity index (χ0) is 13.8. The van der Waals surface area contributed by atoms with Crippen LogP contribution in [0.5, 0.6) is 0 Å². The average Bonchev–Trinajstić information content (AvgIpc) is 2.39. The van der Waals surface area contributed by atoms with E-state index in [1.54, 1.807) is 0 Å². The standard InChI is InChI=1S/C14H20F2N2O/c1-18(11-4-6-19-7-5-11)9-14(17)12-3-2-10(15)8-13(12)16/h2-3,8,11,14H,4-7,9,17H2,1H3. The molecule has 1 aliphatic heterocycles. The SMILES string of the molecule is CN(CC(N)c1ccc(F)cc1F)C1CCOCC1. The lowest BCUT2D eigenvalue weighted by molar-refractivity contribution is 0.0412. The van der Waals surface area contributed by atoms with Crippen LogP contribution in [0.1, 0.15) is 24.4 Å². The summed E-state index contributed by atoms with van der Waals surface area (Å²) in [4.78, 5) is 2.13. The number of rotatable bonds is 4. The number of likely N-dealkylation sites (N-methyl/N-ethyl adjacent to an activating group) is 1. The van der Waals surface area contributed by atoms with Crippen LogP contribution in [0.15, 0.2) is 18.2 Å². The number of ether oxygens (including phenoxy) is 1. The van der Waals surface area contributed by atoms with Gasteiger partial charge in [0.15, 0.2) is 0 Å². The van der Waals surface area contributed by atoms with E-state index in [1.807, 2.05) is 7.05 Å². The van der Waals surface area contributed by atoms with Gasteiger partial charge >= 0.3 is 0 Å². The smallest absolute Gasteiger partial charge is 0.130 e. The molecule has 1 unspecified atom stereocenters. The molecule has 0 aromatic heterocycles. The molecule has 0 saturated carbocycles. The Balaban J connectivity index is 1.97. The highest BCUT2D eigenvalue weighted by atomic mass is 19.1. The van der Waals surface area contributed by atoms with Gasteiger partial charge in [-0.1, -0.05) is 6.07 Å². The molecule has 1 aliphatic rings. The summed E-state index contributed by atoms with van der Waals surface area (Å²) in [6, 6.07) is 3.51. The lowest BCUT2D eigenvalue weighted by Crippen LogP contribution is -2.40. The summed E-state index contributed by atoms with van der Waals surface area (Å²) < 4.78 is 31.8. The van der Waals surface area contributed by atoms with Crippen LogP contribution in [0.4, 0.5) is 8.78 Å². The van der Waals surface area contributed by atoms with Crippen molar-refractivity contribution in [1.82, 2.24) is 4.90 Å². The zero-order valence-corrected chi connectivity index (χ0v) is 11.1. The first-order valence-electron chi connectivity index (χ1n) is 6.56. The van der Waals surface area contributed by atoms with E-state index in [-0.39, 0.29) is 0 Å². The average molecular weight is 270 g/mol. The largest absolute Gasteiger partial charge is 0.381 e. The molecule has 0 bridgehead atoms. The maximum absolute atomic E-state index is 13.6. The van der Waals surface area contributed by atoms with Crippen LogP contribution in [-0.2, 0) is 4.74 Å². The molecule has 1 fully saturated rings. The minimum absolute atomic E-state index is 0.361. The van der Waals surface area contributed by atoms with Gasteiger partial charge in [0.2, 0.25) is 0 Å². The Morgan fingerprint density at radius 1 is 1.37 bits per heavy atom. The van der Waals surface area contributed by atoms with E-state index in [4.69, 9.17) is 10.5 Å². The van der Waals surface area contributed by atoms with Gasteiger partial charge in [-0.15, -0.1) is 0 Å². The van der Waals surface area contributed by atoms with Crippen LogP contribution < -0.4 is 5.73 Å². The van der Waals surface area contributed by atoms with E-state index >= 15 is 0 Å². The molecule has 1 aromatic carbocycles. The number of hydrogen-bond donors (Lipinski definition) is 1. The molecule has 2 N–H and O–H groups in total. The van der Waals surface area contributed by atoms with E-state index in [0.29, 0.717) is 18.2 Å². The summed E-state index contributed by atoms with van der Waals surface area (Å²) in [6.07, 6.45) is 1.93. The van der Waals surface area contributed by atoms with Gasteiger partial charge in [-0.2, -0.15) is 0 Å². The zero-order valence-electron chi connectivity index (χ0n) is 11.1. The summed E-state index contributed by atoms with van der Waals surface area (Å²) >= 11 is 0. The maximum atomic E-state index is 13.6. The minimum Gasteiger partial charge on any atom is -0.381 e. The first-order valence-corrected chi connectivity index (χ1v) is 6.56. The fourth-order valence-corrected chi connectivity index (χ4v) is 2.49. The third-order valence-electron chi connectivity index (χ3n) is 3.66. The van der Waals surface area contributed by atoms with Crippen molar-refractivity contribution in [1.29, 1.82) is 0 Å². The second kappa shape index (κ2) is 6.41. The van der Waals surface area contributed by atoms with Gasteiger partial charge in [-0.05, 0) is 26.0 Å². The van der Waals surface area contributed by atoms with Crippen molar-refractivity contribution in [3.05, 3.63) is 35.4 Å². The Morgan fingerprint density at radius 3 is 2.68 bits per heavy atom. The molecule has 3 nitrogen and oxygen atoms in total. The summed E-state index contributed by atoms with van der Waals surface area (Å²) in [5.74, 6) is -1.15. The summed E-state index contributed by atoms with van der Waals surface area (Å²) in [7, 11) is 1.98. The minimum atomic E-state index is -0.578. The van der Waals surface area contributed by atoms with E-state index in [1.165, 1.54) is 12.1 Å². The quantitative estimate of drug-likeness (QED) is 0.910. The highest BCUT2D eigenvalue weighted by Gasteiger charge is 2.21. The van der Waals surface area contributed by atoms with Gasteiger partial charge < -0.3 is 15.4 Å². The normalized spacial score (nSPS) is 18.8. The van der Waals surface area contributed by atoms with Crippen molar-refractivity contribution in [2.24, 2.45) is 5.73 Å². The first kappa shape index (κ1) is 14.4. The number of nitrogens with zero attached hydrogens (tertiary/aromatic N) is 1. The van der Waals surface area contributed by atoms with Gasteiger partial charge in [-0.3, -0.25) is 0 Å². The van der Waals surface area contributed by atoms with Gasteiger partial charge in [0, 0.05) is 43.5 Å². The Bertz CT molecular complexity index is 422. The Kier molecular flexibility index (Phi) is 4.85. The second-order valence-corrected chi connectivity index (χ2v) is 5.06. The molecular formula is C14H20F2N2O. The third kappa shape index (κ3) is 3.72. The third-order valence-corrected chi connectivity index (χ3v) is 3.66. The van der Waals surface area contributed by atoms with Crippen LogP contribution in [0.2, 0.25) is 0 Å². The Morgan fingerprint density at radius 2 is 2.05 bits per heavy atom. The van der Waals surface area contributed by atoms with Gasteiger partial charge in [0.25, 0.3) is 0 Å². The molecule has 0 amide bonds. The van der Waals surface area contributed by atoms with Gasteiger partial charge in [-0.25, -0.2) is 8.78 Å². The Hall–Kier alpha value is -1.04. The molecule has 1 saturated heterocycles. The van der Waals surface area contributed by atoms with Crippen molar-refractivity contribution >= 4 is 0 Å². The van der Waals surface area contributed by atoms with Crippen molar-refractivity contribution in [2.45, 2.75) is 24.9 Å². The molecule has 2 rings (SSSR count). The highest BCUT2D eigenvalue weighted by Crippen LogP contribution is 2.20. The van der Waals surface area contributed by atoms with E-state index in [0.717, 1.165) is 32.1 Å². The lowest BCUT2D eigenvalue weighted by atomic mass is 10.0. The molecule has 106 valence electrons. The van der Waals surface area contributed by atoms with Crippen LogP contribution in [0.25, 0.3) is 0 Å². The number of halogens is 2. The number of hydrogen-bond acceptors (Lipinski definition) is 3. The lowest BCUT2D eigenvalue weighted by Gasteiger charge is -2.32. The summed E-state index contributed by atoms with van der Waals surface area (Å²) in [6.45, 7) is 2.07. The fraction of sp³-hybridized carbons (Fsp3) is 0.571. The fourth-order valence-electron chi connectivity index (χ4n) is 2.49.